The quantitative estimate of drug-likeness (QED) is 0.360. The van der Waals surface area contributed by atoms with E-state index in [4.69, 9.17) is 15.9 Å². The highest BCUT2D eigenvalue weighted by Gasteiger charge is 2.22. The molecular weight excluding hydrogens is 218 g/mol. The average molecular weight is 233 g/mol. The number of carboxylic acid groups (broad SMARTS) is 1. The molecule has 0 heterocycles. The summed E-state index contributed by atoms with van der Waals surface area (Å²) in [7, 11) is 0. The van der Waals surface area contributed by atoms with Gasteiger partial charge in [-0.15, -0.1) is 0 Å². The van der Waals surface area contributed by atoms with Gasteiger partial charge in [-0.05, 0) is 6.92 Å². The van der Waals surface area contributed by atoms with Crippen LogP contribution in [0.5, 0.6) is 0 Å². The van der Waals surface area contributed by atoms with E-state index < -0.39 is 30.0 Å². The van der Waals surface area contributed by atoms with Crippen LogP contribution >= 0.6 is 0 Å². The van der Waals surface area contributed by atoms with E-state index in [-0.39, 0.29) is 13.0 Å². The molecular formula is C8H15N3O5. The lowest BCUT2D eigenvalue weighted by molar-refractivity contribution is -0.142. The van der Waals surface area contributed by atoms with Crippen LogP contribution in [0.1, 0.15) is 13.3 Å². The molecule has 92 valence electrons. The number of hydrogen-bond acceptors (Lipinski definition) is 4. The highest BCUT2D eigenvalue weighted by molar-refractivity contribution is 5.89. The molecule has 0 aliphatic carbocycles. The van der Waals surface area contributed by atoms with Crippen molar-refractivity contribution in [3.63, 3.8) is 0 Å². The van der Waals surface area contributed by atoms with Crippen LogP contribution < -0.4 is 16.4 Å². The van der Waals surface area contributed by atoms with Crippen LogP contribution in [0.15, 0.2) is 0 Å². The van der Waals surface area contributed by atoms with E-state index in [1.54, 1.807) is 0 Å². The van der Waals surface area contributed by atoms with Gasteiger partial charge < -0.3 is 26.6 Å². The van der Waals surface area contributed by atoms with Crippen LogP contribution in [-0.2, 0) is 9.59 Å². The van der Waals surface area contributed by atoms with Crippen molar-refractivity contribution in [1.82, 2.24) is 10.6 Å². The molecule has 0 aromatic rings. The number of amides is 3. The fourth-order valence-corrected chi connectivity index (χ4v) is 0.962. The molecule has 8 nitrogen and oxygen atoms in total. The molecule has 1 unspecified atom stereocenters. The highest BCUT2D eigenvalue weighted by atomic mass is 16.4. The van der Waals surface area contributed by atoms with Gasteiger partial charge in [0.25, 0.3) is 0 Å². The molecule has 0 fully saturated rings. The topological polar surface area (TPSA) is 142 Å². The maximum atomic E-state index is 11.3. The maximum Gasteiger partial charge on any atom is 0.326 e. The second kappa shape index (κ2) is 6.62. The molecule has 0 aromatic heterocycles. The van der Waals surface area contributed by atoms with Gasteiger partial charge in [0.15, 0.2) is 0 Å². The summed E-state index contributed by atoms with van der Waals surface area (Å²) in [5, 5.41) is 21.5. The fraction of sp³-hybridized carbons (Fsp3) is 0.625. The average Bonchev–Trinajstić information content (AvgIpc) is 2.15. The fourth-order valence-electron chi connectivity index (χ4n) is 0.962. The number of aliphatic hydroxyl groups excluding tert-OH is 1. The van der Waals surface area contributed by atoms with Crippen molar-refractivity contribution >= 4 is 17.9 Å². The largest absolute Gasteiger partial charge is 0.480 e. The molecule has 0 aromatic carbocycles. The molecule has 0 saturated carbocycles. The third-order valence-electron chi connectivity index (χ3n) is 1.78. The minimum Gasteiger partial charge on any atom is -0.480 e. The molecule has 2 atom stereocenters. The SMILES string of the molecule is CC(NC(N)=O)C(=O)N[C@@H](CCO)C(=O)O. The number of urea groups is 1. The van der Waals surface area contributed by atoms with Gasteiger partial charge >= 0.3 is 12.0 Å². The number of nitrogens with one attached hydrogen (secondary N) is 2. The predicted octanol–water partition coefficient (Wildman–Crippen LogP) is -2.00. The van der Waals surface area contributed by atoms with E-state index in [1.165, 1.54) is 6.92 Å². The van der Waals surface area contributed by atoms with Crippen LogP contribution in [0, 0.1) is 0 Å². The standard InChI is InChI=1S/C8H15N3O5/c1-4(10-8(9)16)6(13)11-5(2-3-12)7(14)15/h4-5,12H,2-3H2,1H3,(H,11,13)(H,14,15)(H3,9,10,16)/t4?,5-/m0/s1. The first-order valence-electron chi connectivity index (χ1n) is 4.58. The summed E-state index contributed by atoms with van der Waals surface area (Å²) in [6.45, 7) is 0.993. The first-order chi connectivity index (χ1) is 7.38. The Morgan fingerprint density at radius 3 is 2.25 bits per heavy atom. The van der Waals surface area contributed by atoms with Crippen molar-refractivity contribution in [3.05, 3.63) is 0 Å². The smallest absolute Gasteiger partial charge is 0.326 e. The molecule has 6 N–H and O–H groups in total. The van der Waals surface area contributed by atoms with E-state index in [9.17, 15) is 14.4 Å². The molecule has 16 heavy (non-hydrogen) atoms. The monoisotopic (exact) mass is 233 g/mol. The summed E-state index contributed by atoms with van der Waals surface area (Å²) in [4.78, 5) is 32.4. The Balaban J connectivity index is 4.28. The Morgan fingerprint density at radius 2 is 1.88 bits per heavy atom. The third-order valence-corrected chi connectivity index (χ3v) is 1.78. The number of carbonyl (C=O) groups excluding carboxylic acids is 2. The summed E-state index contributed by atoms with van der Waals surface area (Å²) >= 11 is 0. The van der Waals surface area contributed by atoms with Gasteiger partial charge in [-0.3, -0.25) is 4.79 Å². The number of rotatable bonds is 6. The minimum atomic E-state index is -1.26. The summed E-state index contributed by atoms with van der Waals surface area (Å²) in [6, 6.07) is -3.00. The van der Waals surface area contributed by atoms with Crippen molar-refractivity contribution in [2.24, 2.45) is 5.73 Å². The molecule has 0 saturated heterocycles. The predicted molar refractivity (Wildman–Crippen MR) is 53.5 cm³/mol. The van der Waals surface area contributed by atoms with E-state index >= 15 is 0 Å². The summed E-state index contributed by atoms with van der Waals surface area (Å²) in [5.41, 5.74) is 4.79. The number of aliphatic hydroxyl groups is 1. The minimum absolute atomic E-state index is 0.107. The maximum absolute atomic E-state index is 11.3. The van der Waals surface area contributed by atoms with Crippen LogP contribution in [0.3, 0.4) is 0 Å². The normalized spacial score (nSPS) is 13.6. The summed E-state index contributed by atoms with van der Waals surface area (Å²) in [5.74, 6) is -1.94. The van der Waals surface area contributed by atoms with Gasteiger partial charge in [0.2, 0.25) is 5.91 Å². The van der Waals surface area contributed by atoms with Gasteiger partial charge in [-0.25, -0.2) is 9.59 Å². The number of primary amides is 1. The molecule has 3 amide bonds. The van der Waals surface area contributed by atoms with Crippen LogP contribution in [0.25, 0.3) is 0 Å². The molecule has 0 spiro atoms. The Kier molecular flexibility index (Phi) is 5.86. The lowest BCUT2D eigenvalue weighted by atomic mass is 10.2. The van der Waals surface area contributed by atoms with Crippen LogP contribution in [0.2, 0.25) is 0 Å². The lowest BCUT2D eigenvalue weighted by Crippen LogP contribution is -2.51. The number of hydrogen-bond donors (Lipinski definition) is 5. The first-order valence-corrected chi connectivity index (χ1v) is 4.58. The van der Waals surface area contributed by atoms with Gasteiger partial charge in [0.05, 0.1) is 0 Å². The summed E-state index contributed by atoms with van der Waals surface area (Å²) in [6.07, 6.45) is -0.107. The molecule has 8 heteroatoms. The molecule has 0 radical (unpaired) electrons. The zero-order valence-electron chi connectivity index (χ0n) is 8.77. The van der Waals surface area contributed by atoms with Gasteiger partial charge in [0, 0.05) is 13.0 Å². The lowest BCUT2D eigenvalue weighted by Gasteiger charge is -2.17. The second-order valence-corrected chi connectivity index (χ2v) is 3.14. The van der Waals surface area contributed by atoms with Crippen LogP contribution in [-0.4, -0.2) is 46.8 Å². The molecule has 0 bridgehead atoms. The van der Waals surface area contributed by atoms with E-state index in [0.717, 1.165) is 0 Å². The van der Waals surface area contributed by atoms with Crippen molar-refractivity contribution in [1.29, 1.82) is 0 Å². The van der Waals surface area contributed by atoms with Crippen molar-refractivity contribution < 1.29 is 24.6 Å². The third kappa shape index (κ3) is 5.15. The van der Waals surface area contributed by atoms with E-state index in [0.29, 0.717) is 0 Å². The Hall–Kier alpha value is -1.83. The van der Waals surface area contributed by atoms with Gasteiger partial charge in [-0.1, -0.05) is 0 Å². The number of nitrogens with two attached hydrogens (primary N) is 1. The zero-order valence-corrected chi connectivity index (χ0v) is 8.77. The number of carboxylic acids is 1. The Bertz CT molecular complexity index is 281. The second-order valence-electron chi connectivity index (χ2n) is 3.14. The van der Waals surface area contributed by atoms with Crippen molar-refractivity contribution in [2.75, 3.05) is 6.61 Å². The van der Waals surface area contributed by atoms with Gasteiger partial charge in [-0.2, -0.15) is 0 Å². The Morgan fingerprint density at radius 1 is 1.31 bits per heavy atom. The number of aliphatic carboxylic acids is 1. The Labute approximate surface area is 91.8 Å². The zero-order chi connectivity index (χ0) is 12.7. The van der Waals surface area contributed by atoms with Crippen LogP contribution in [0.4, 0.5) is 4.79 Å². The summed E-state index contributed by atoms with van der Waals surface area (Å²) < 4.78 is 0. The van der Waals surface area contributed by atoms with Crippen molar-refractivity contribution in [3.8, 4) is 0 Å². The number of carbonyl (C=O) groups is 3. The highest BCUT2D eigenvalue weighted by Crippen LogP contribution is 1.93. The molecule has 0 rings (SSSR count). The van der Waals surface area contributed by atoms with E-state index in [2.05, 4.69) is 10.6 Å². The van der Waals surface area contributed by atoms with Crippen molar-refractivity contribution in [2.45, 2.75) is 25.4 Å². The first kappa shape index (κ1) is 14.2. The molecule has 0 aliphatic rings. The molecule has 0 aliphatic heterocycles. The van der Waals surface area contributed by atoms with Gasteiger partial charge in [0.1, 0.15) is 12.1 Å². The van der Waals surface area contributed by atoms with E-state index in [1.807, 2.05) is 0 Å².